The predicted octanol–water partition coefficient (Wildman–Crippen LogP) is 8.89. The summed E-state index contributed by atoms with van der Waals surface area (Å²) >= 11 is 0. The largest absolute Gasteiger partial charge is 0.203 e. The highest BCUT2D eigenvalue weighted by Crippen LogP contribution is 2.42. The van der Waals surface area contributed by atoms with Crippen LogP contribution in [0.1, 0.15) is 56.1 Å². The molecule has 0 nitrogen and oxygen atoms in total. The van der Waals surface area contributed by atoms with Gasteiger partial charge in [-0.3, -0.25) is 0 Å². The molecule has 196 valence electrons. The van der Waals surface area contributed by atoms with E-state index in [9.17, 15) is 8.78 Å². The predicted molar refractivity (Wildman–Crippen MR) is 150 cm³/mol. The molecule has 1 unspecified atom stereocenters. The molecule has 0 saturated heterocycles. The molecule has 3 aromatic carbocycles. The lowest BCUT2D eigenvalue weighted by Gasteiger charge is -2.34. The molecule has 0 aromatic heterocycles. The van der Waals surface area contributed by atoms with Crippen LogP contribution in [0.15, 0.2) is 67.3 Å². The SMILES string of the molecule is BCc1ccc(-c2ccc(-c3ccc(C4=CCC(C5CCC(C=C)CC5)CC4)c(F)c3F)cc2)c(F)c1F. The van der Waals surface area contributed by atoms with Gasteiger partial charge in [-0.25, -0.2) is 17.6 Å². The Hall–Kier alpha value is -3.08. The van der Waals surface area contributed by atoms with Crippen LogP contribution in [-0.4, -0.2) is 7.85 Å². The first-order valence-electron chi connectivity index (χ1n) is 13.8. The number of hydrogen-bond donors (Lipinski definition) is 0. The molecule has 0 heterocycles. The summed E-state index contributed by atoms with van der Waals surface area (Å²) in [6.07, 6.45) is 12.1. The van der Waals surface area contributed by atoms with E-state index in [1.54, 1.807) is 56.4 Å². The quantitative estimate of drug-likeness (QED) is 0.174. The van der Waals surface area contributed by atoms with E-state index in [1.807, 2.05) is 0 Å². The fourth-order valence-electron chi connectivity index (χ4n) is 6.31. The van der Waals surface area contributed by atoms with Crippen molar-refractivity contribution in [1.29, 1.82) is 0 Å². The Morgan fingerprint density at radius 3 is 1.79 bits per heavy atom. The third kappa shape index (κ3) is 5.12. The maximum absolute atomic E-state index is 15.3. The van der Waals surface area contributed by atoms with Crippen LogP contribution >= 0.6 is 0 Å². The molecule has 0 radical (unpaired) electrons. The van der Waals surface area contributed by atoms with E-state index in [-0.39, 0.29) is 11.1 Å². The molecule has 1 fully saturated rings. The van der Waals surface area contributed by atoms with Crippen LogP contribution < -0.4 is 0 Å². The molecule has 0 N–H and O–H groups in total. The monoisotopic (exact) mass is 516 g/mol. The second-order valence-electron chi connectivity index (χ2n) is 10.8. The molecule has 1 atom stereocenters. The maximum Gasteiger partial charge on any atom is 0.167 e. The van der Waals surface area contributed by atoms with E-state index in [1.165, 1.54) is 25.7 Å². The Morgan fingerprint density at radius 1 is 0.684 bits per heavy atom. The lowest BCUT2D eigenvalue weighted by atomic mass is 9.71. The van der Waals surface area contributed by atoms with Crippen molar-refractivity contribution in [3.63, 3.8) is 0 Å². The van der Waals surface area contributed by atoms with Crippen molar-refractivity contribution in [3.05, 3.63) is 102 Å². The number of halogens is 4. The molecule has 38 heavy (non-hydrogen) atoms. The van der Waals surface area contributed by atoms with Gasteiger partial charge in [-0.1, -0.05) is 67.0 Å². The minimum Gasteiger partial charge on any atom is -0.203 e. The van der Waals surface area contributed by atoms with Crippen LogP contribution in [-0.2, 0) is 6.32 Å². The van der Waals surface area contributed by atoms with Crippen LogP contribution in [0.2, 0.25) is 0 Å². The standard InChI is InChI=1S/C33H33BF4/c1-2-20-3-5-21(6-4-20)22-7-9-23(10-8-22)28-17-18-29(33(38)32(28)37)25-13-11-24(12-14-25)27-16-15-26(19-34)30(35)31(27)36/h2,9,11-18,20-22H,1,3-8,10,19,34H2. The first-order valence-corrected chi connectivity index (χ1v) is 13.8. The van der Waals surface area contributed by atoms with Gasteiger partial charge in [0.25, 0.3) is 0 Å². The van der Waals surface area contributed by atoms with E-state index < -0.39 is 23.3 Å². The molecule has 2 aliphatic rings. The summed E-state index contributed by atoms with van der Waals surface area (Å²) in [5.74, 6) is -1.48. The molecule has 5 rings (SSSR count). The lowest BCUT2D eigenvalue weighted by molar-refractivity contribution is 0.212. The number of rotatable bonds is 6. The number of hydrogen-bond acceptors (Lipinski definition) is 0. The first-order chi connectivity index (χ1) is 18.4. The van der Waals surface area contributed by atoms with E-state index in [2.05, 4.69) is 18.7 Å². The topological polar surface area (TPSA) is 0 Å². The molecular formula is C33H33BF4. The third-order valence-corrected chi connectivity index (χ3v) is 8.75. The second-order valence-corrected chi connectivity index (χ2v) is 10.8. The fraction of sp³-hybridized carbons (Fsp3) is 0.333. The van der Waals surface area contributed by atoms with Crippen molar-refractivity contribution in [1.82, 2.24) is 0 Å². The summed E-state index contributed by atoms with van der Waals surface area (Å²) in [5, 5.41) is 0. The normalized spacial score (nSPS) is 21.7. The number of allylic oxidation sites excluding steroid dienone is 3. The lowest BCUT2D eigenvalue weighted by Crippen LogP contribution is -2.22. The van der Waals surface area contributed by atoms with Crippen molar-refractivity contribution in [2.24, 2.45) is 17.8 Å². The Kier molecular flexibility index (Phi) is 7.92. The van der Waals surface area contributed by atoms with Gasteiger partial charge in [-0.15, -0.1) is 6.58 Å². The molecule has 0 spiro atoms. The summed E-state index contributed by atoms with van der Waals surface area (Å²) in [4.78, 5) is 0. The Labute approximate surface area is 223 Å². The van der Waals surface area contributed by atoms with E-state index in [0.29, 0.717) is 46.3 Å². The zero-order chi connectivity index (χ0) is 26.8. The molecule has 3 aromatic rings. The summed E-state index contributed by atoms with van der Waals surface area (Å²) in [5.41, 5.74) is 2.79. The fourth-order valence-corrected chi connectivity index (χ4v) is 6.31. The van der Waals surface area contributed by atoms with Crippen LogP contribution in [0, 0.1) is 41.0 Å². The molecule has 0 bridgehead atoms. The van der Waals surface area contributed by atoms with E-state index >= 15 is 8.78 Å². The van der Waals surface area contributed by atoms with Crippen molar-refractivity contribution in [2.75, 3.05) is 0 Å². The smallest absolute Gasteiger partial charge is 0.167 e. The van der Waals surface area contributed by atoms with E-state index in [4.69, 9.17) is 0 Å². The average Bonchev–Trinajstić information content (AvgIpc) is 2.96. The Morgan fingerprint density at radius 2 is 1.24 bits per heavy atom. The zero-order valence-electron chi connectivity index (χ0n) is 21.9. The van der Waals surface area contributed by atoms with Crippen LogP contribution in [0.3, 0.4) is 0 Å². The number of benzene rings is 3. The van der Waals surface area contributed by atoms with Crippen LogP contribution in [0.25, 0.3) is 27.8 Å². The average molecular weight is 516 g/mol. The summed E-state index contributed by atoms with van der Waals surface area (Å²) in [6.45, 7) is 3.93. The Balaban J connectivity index is 1.32. The summed E-state index contributed by atoms with van der Waals surface area (Å²) in [7, 11) is 1.77. The van der Waals surface area contributed by atoms with Gasteiger partial charge in [0.15, 0.2) is 23.3 Å². The van der Waals surface area contributed by atoms with Gasteiger partial charge in [0.1, 0.15) is 7.85 Å². The van der Waals surface area contributed by atoms with Crippen LogP contribution in [0.4, 0.5) is 17.6 Å². The minimum absolute atomic E-state index is 0.143. The van der Waals surface area contributed by atoms with E-state index in [0.717, 1.165) is 24.8 Å². The zero-order valence-corrected chi connectivity index (χ0v) is 21.9. The van der Waals surface area contributed by atoms with Crippen molar-refractivity contribution in [3.8, 4) is 22.3 Å². The molecule has 2 aliphatic carbocycles. The van der Waals surface area contributed by atoms with Crippen LogP contribution in [0.5, 0.6) is 0 Å². The van der Waals surface area contributed by atoms with Gasteiger partial charge in [0.05, 0.1) is 0 Å². The highest BCUT2D eigenvalue weighted by molar-refractivity contribution is 6.08. The highest BCUT2D eigenvalue weighted by atomic mass is 19.2. The first kappa shape index (κ1) is 26.5. The molecule has 0 amide bonds. The molecule has 5 heteroatoms. The van der Waals surface area contributed by atoms with Crippen molar-refractivity contribution in [2.45, 2.75) is 51.3 Å². The van der Waals surface area contributed by atoms with Gasteiger partial charge in [0.2, 0.25) is 0 Å². The van der Waals surface area contributed by atoms with Gasteiger partial charge in [-0.05, 0) is 85.0 Å². The molecular weight excluding hydrogens is 483 g/mol. The van der Waals surface area contributed by atoms with Gasteiger partial charge in [0, 0.05) is 16.7 Å². The van der Waals surface area contributed by atoms with Crippen molar-refractivity contribution >= 4 is 13.4 Å². The summed E-state index contributed by atoms with van der Waals surface area (Å²) in [6, 6.07) is 12.9. The third-order valence-electron chi connectivity index (χ3n) is 8.75. The van der Waals surface area contributed by atoms with Crippen molar-refractivity contribution < 1.29 is 17.6 Å². The van der Waals surface area contributed by atoms with Gasteiger partial charge < -0.3 is 0 Å². The minimum atomic E-state index is -0.897. The molecule has 1 saturated carbocycles. The van der Waals surface area contributed by atoms with Gasteiger partial charge >= 0.3 is 0 Å². The molecule has 0 aliphatic heterocycles. The highest BCUT2D eigenvalue weighted by Gasteiger charge is 2.29. The second kappa shape index (κ2) is 11.3. The Bertz CT molecular complexity index is 1350. The summed E-state index contributed by atoms with van der Waals surface area (Å²) < 4.78 is 59.3. The van der Waals surface area contributed by atoms with Gasteiger partial charge in [-0.2, -0.15) is 0 Å². The maximum atomic E-state index is 15.3.